The van der Waals surface area contributed by atoms with Crippen LogP contribution in [0.4, 0.5) is 11.5 Å². The first-order valence-electron chi connectivity index (χ1n) is 7.79. The maximum Gasteiger partial charge on any atom is 0.247 e. The summed E-state index contributed by atoms with van der Waals surface area (Å²) < 4.78 is 0. The molecular formula is C16H24N4O2. The van der Waals surface area contributed by atoms with Crippen molar-refractivity contribution in [2.45, 2.75) is 45.6 Å². The van der Waals surface area contributed by atoms with Crippen molar-refractivity contribution >= 4 is 23.3 Å². The lowest BCUT2D eigenvalue weighted by atomic mass is 9.98. The molecule has 1 aliphatic rings. The Bertz CT molecular complexity index is 527. The van der Waals surface area contributed by atoms with Gasteiger partial charge in [0.25, 0.3) is 0 Å². The molecule has 0 bridgehead atoms. The number of anilines is 2. The lowest BCUT2D eigenvalue weighted by Crippen LogP contribution is -2.49. The molecular weight excluding hydrogens is 280 g/mol. The summed E-state index contributed by atoms with van der Waals surface area (Å²) in [6, 6.07) is 2.93. The standard InChI is InChI=1S/C16H24N4O2/c1-11(2)9-13(20-8-4-3-5-15(20)21)16(22)19-12-6-7-14(17)18-10-12/h6-7,10-11,13H,3-5,8-9H2,1-2H3,(H2,17,18)(H,19,22). The predicted molar refractivity (Wildman–Crippen MR) is 86.1 cm³/mol. The van der Waals surface area contributed by atoms with Crippen LogP contribution in [-0.4, -0.2) is 34.3 Å². The van der Waals surface area contributed by atoms with Gasteiger partial charge in [-0.15, -0.1) is 0 Å². The number of carbonyl (C=O) groups excluding carboxylic acids is 2. The fourth-order valence-corrected chi connectivity index (χ4v) is 2.68. The van der Waals surface area contributed by atoms with Gasteiger partial charge >= 0.3 is 0 Å². The van der Waals surface area contributed by atoms with E-state index in [1.54, 1.807) is 17.0 Å². The highest BCUT2D eigenvalue weighted by atomic mass is 16.2. The number of hydrogen-bond donors (Lipinski definition) is 2. The molecule has 2 heterocycles. The summed E-state index contributed by atoms with van der Waals surface area (Å²) in [7, 11) is 0. The van der Waals surface area contributed by atoms with E-state index in [0.717, 1.165) is 12.8 Å². The number of nitrogens with one attached hydrogen (secondary N) is 1. The summed E-state index contributed by atoms with van der Waals surface area (Å²) in [5.74, 6) is 0.649. The number of nitrogens with two attached hydrogens (primary N) is 1. The van der Waals surface area contributed by atoms with Gasteiger partial charge < -0.3 is 16.0 Å². The average molecular weight is 304 g/mol. The van der Waals surface area contributed by atoms with Crippen LogP contribution in [0, 0.1) is 5.92 Å². The molecule has 6 nitrogen and oxygen atoms in total. The molecule has 0 radical (unpaired) electrons. The molecule has 0 saturated carbocycles. The molecule has 6 heteroatoms. The van der Waals surface area contributed by atoms with E-state index in [2.05, 4.69) is 24.1 Å². The normalized spacial score (nSPS) is 16.7. The SMILES string of the molecule is CC(C)CC(C(=O)Nc1ccc(N)nc1)N1CCCCC1=O. The number of amides is 2. The van der Waals surface area contributed by atoms with Crippen LogP contribution < -0.4 is 11.1 Å². The molecule has 3 N–H and O–H groups in total. The van der Waals surface area contributed by atoms with E-state index >= 15 is 0 Å². The Morgan fingerprint density at radius 2 is 2.18 bits per heavy atom. The number of aromatic nitrogens is 1. The second-order valence-corrected chi connectivity index (χ2v) is 6.15. The Labute approximate surface area is 131 Å². The van der Waals surface area contributed by atoms with Crippen molar-refractivity contribution in [1.29, 1.82) is 0 Å². The topological polar surface area (TPSA) is 88.3 Å². The van der Waals surface area contributed by atoms with Crippen molar-refractivity contribution in [2.24, 2.45) is 5.92 Å². The number of piperidine rings is 1. The Kier molecular flexibility index (Phi) is 5.35. The Morgan fingerprint density at radius 3 is 2.77 bits per heavy atom. The summed E-state index contributed by atoms with van der Waals surface area (Å²) in [6.07, 6.45) is 4.58. The average Bonchev–Trinajstić information content (AvgIpc) is 2.48. The third-order valence-corrected chi connectivity index (χ3v) is 3.79. The maximum atomic E-state index is 12.6. The molecule has 1 unspecified atom stereocenters. The fourth-order valence-electron chi connectivity index (χ4n) is 2.68. The Balaban J connectivity index is 2.11. The molecule has 1 fully saturated rings. The first kappa shape index (κ1) is 16.3. The minimum Gasteiger partial charge on any atom is -0.384 e. The number of carbonyl (C=O) groups is 2. The highest BCUT2D eigenvalue weighted by molar-refractivity contribution is 5.97. The van der Waals surface area contributed by atoms with Crippen molar-refractivity contribution in [3.63, 3.8) is 0 Å². The zero-order valence-electron chi connectivity index (χ0n) is 13.2. The van der Waals surface area contributed by atoms with Crippen LogP contribution in [0.15, 0.2) is 18.3 Å². The van der Waals surface area contributed by atoms with Crippen molar-refractivity contribution < 1.29 is 9.59 Å². The molecule has 2 amide bonds. The number of rotatable bonds is 5. The Hall–Kier alpha value is -2.11. The number of likely N-dealkylation sites (tertiary alicyclic amines) is 1. The van der Waals surface area contributed by atoms with Crippen molar-refractivity contribution in [1.82, 2.24) is 9.88 Å². The summed E-state index contributed by atoms with van der Waals surface area (Å²) >= 11 is 0. The zero-order chi connectivity index (χ0) is 16.1. The van der Waals surface area contributed by atoms with Gasteiger partial charge in [0, 0.05) is 13.0 Å². The Morgan fingerprint density at radius 1 is 1.41 bits per heavy atom. The second kappa shape index (κ2) is 7.24. The van der Waals surface area contributed by atoms with Crippen molar-refractivity contribution in [3.8, 4) is 0 Å². The highest BCUT2D eigenvalue weighted by Crippen LogP contribution is 2.20. The summed E-state index contributed by atoms with van der Waals surface area (Å²) in [5.41, 5.74) is 6.14. The number of hydrogen-bond acceptors (Lipinski definition) is 4. The van der Waals surface area contributed by atoms with Crippen LogP contribution in [0.1, 0.15) is 39.5 Å². The molecule has 1 aromatic rings. The summed E-state index contributed by atoms with van der Waals surface area (Å²) in [4.78, 5) is 30.4. The van der Waals surface area contributed by atoms with Gasteiger partial charge in [-0.25, -0.2) is 4.98 Å². The third-order valence-electron chi connectivity index (χ3n) is 3.79. The van der Waals surface area contributed by atoms with E-state index in [4.69, 9.17) is 5.73 Å². The van der Waals surface area contributed by atoms with Crippen LogP contribution in [0.2, 0.25) is 0 Å². The molecule has 0 spiro atoms. The first-order chi connectivity index (χ1) is 10.5. The van der Waals surface area contributed by atoms with Gasteiger partial charge in [0.2, 0.25) is 11.8 Å². The van der Waals surface area contributed by atoms with Crippen LogP contribution >= 0.6 is 0 Å². The van der Waals surface area contributed by atoms with Crippen molar-refractivity contribution in [2.75, 3.05) is 17.6 Å². The predicted octanol–water partition coefficient (Wildman–Crippen LogP) is 2.03. The van der Waals surface area contributed by atoms with E-state index in [0.29, 0.717) is 36.8 Å². The molecule has 0 aromatic carbocycles. The molecule has 120 valence electrons. The molecule has 1 atom stereocenters. The molecule has 1 aromatic heterocycles. The highest BCUT2D eigenvalue weighted by Gasteiger charge is 2.31. The largest absolute Gasteiger partial charge is 0.384 e. The maximum absolute atomic E-state index is 12.6. The van der Waals surface area contributed by atoms with Gasteiger partial charge in [0.05, 0.1) is 11.9 Å². The van der Waals surface area contributed by atoms with Crippen LogP contribution in [-0.2, 0) is 9.59 Å². The minimum atomic E-state index is -0.426. The lowest BCUT2D eigenvalue weighted by molar-refractivity contribution is -0.141. The van der Waals surface area contributed by atoms with E-state index in [1.165, 1.54) is 6.20 Å². The number of nitrogens with zero attached hydrogens (tertiary/aromatic N) is 2. The van der Waals surface area contributed by atoms with Gasteiger partial charge in [0.15, 0.2) is 0 Å². The monoisotopic (exact) mass is 304 g/mol. The first-order valence-corrected chi connectivity index (χ1v) is 7.79. The lowest BCUT2D eigenvalue weighted by Gasteiger charge is -2.34. The smallest absolute Gasteiger partial charge is 0.247 e. The molecule has 0 aliphatic carbocycles. The van der Waals surface area contributed by atoms with Gasteiger partial charge in [-0.05, 0) is 37.3 Å². The summed E-state index contributed by atoms with van der Waals surface area (Å²) in [5, 5.41) is 2.84. The van der Waals surface area contributed by atoms with E-state index in [-0.39, 0.29) is 11.8 Å². The van der Waals surface area contributed by atoms with Crippen LogP contribution in [0.3, 0.4) is 0 Å². The second-order valence-electron chi connectivity index (χ2n) is 6.15. The van der Waals surface area contributed by atoms with Crippen LogP contribution in [0.5, 0.6) is 0 Å². The van der Waals surface area contributed by atoms with E-state index in [1.807, 2.05) is 0 Å². The minimum absolute atomic E-state index is 0.0717. The third kappa shape index (κ3) is 4.19. The molecule has 1 saturated heterocycles. The number of pyridine rings is 1. The number of nitrogen functional groups attached to an aromatic ring is 1. The van der Waals surface area contributed by atoms with Crippen molar-refractivity contribution in [3.05, 3.63) is 18.3 Å². The van der Waals surface area contributed by atoms with Gasteiger partial charge in [-0.1, -0.05) is 13.8 Å². The van der Waals surface area contributed by atoms with Crippen LogP contribution in [0.25, 0.3) is 0 Å². The van der Waals surface area contributed by atoms with Gasteiger partial charge in [-0.3, -0.25) is 9.59 Å². The van der Waals surface area contributed by atoms with E-state index < -0.39 is 6.04 Å². The summed E-state index contributed by atoms with van der Waals surface area (Å²) in [6.45, 7) is 4.77. The zero-order valence-corrected chi connectivity index (χ0v) is 13.2. The van der Waals surface area contributed by atoms with E-state index in [9.17, 15) is 9.59 Å². The quantitative estimate of drug-likeness (QED) is 0.871. The molecule has 2 rings (SSSR count). The fraction of sp³-hybridized carbons (Fsp3) is 0.562. The van der Waals surface area contributed by atoms with Gasteiger partial charge in [-0.2, -0.15) is 0 Å². The molecule has 22 heavy (non-hydrogen) atoms. The van der Waals surface area contributed by atoms with Gasteiger partial charge in [0.1, 0.15) is 11.9 Å². The molecule has 1 aliphatic heterocycles.